The minimum atomic E-state index is -0.0508. The first-order valence-corrected chi connectivity index (χ1v) is 37.8. The predicted molar refractivity (Wildman–Crippen MR) is 376 cm³/mol. The molecule has 4 heterocycles. The van der Waals surface area contributed by atoms with Gasteiger partial charge in [0.25, 0.3) is 23.6 Å². The first kappa shape index (κ1) is 71.4. The van der Waals surface area contributed by atoms with Gasteiger partial charge in [0.2, 0.25) is 0 Å². The average molecular weight is 1320 g/mol. The summed E-state index contributed by atoms with van der Waals surface area (Å²) < 4.78 is 1.87. The molecule has 8 nitrogen and oxygen atoms in total. The minimum Gasteiger partial charge on any atom is -0.307 e. The molecule has 8 rings (SSSR count). The fraction of sp³-hybridized carbons (Fsp3) is 0.529. The Bertz CT molecular complexity index is 2510. The van der Waals surface area contributed by atoms with Crippen LogP contribution in [0.25, 0.3) is 22.3 Å². The molecule has 82 heavy (non-hydrogen) atoms. The van der Waals surface area contributed by atoms with Crippen molar-refractivity contribution >= 4 is 134 Å². The predicted octanol–water partition coefficient (Wildman–Crippen LogP) is 20.7. The Balaban J connectivity index is 0.000000323. The third-order valence-corrected chi connectivity index (χ3v) is 17.7. The molecule has 0 spiro atoms. The van der Waals surface area contributed by atoms with Crippen LogP contribution < -0.4 is 19.6 Å². The minimum absolute atomic E-state index is 0. The van der Waals surface area contributed by atoms with Crippen LogP contribution in [0.5, 0.6) is 0 Å². The molecule has 4 aliphatic heterocycles. The number of halogens is 2. The van der Waals surface area contributed by atoms with Crippen molar-refractivity contribution in [2.24, 2.45) is 23.7 Å². The first-order valence-electron chi connectivity index (χ1n) is 30.0. The second-order valence-electron chi connectivity index (χ2n) is 22.6. The largest absolute Gasteiger partial charge is 0.307 e. The highest BCUT2D eigenvalue weighted by atomic mass is 79.9. The maximum absolute atomic E-state index is 14.2. The number of unbranched alkanes of at least 4 members (excludes halogenated alkanes) is 4. The van der Waals surface area contributed by atoms with Crippen LogP contribution in [0.3, 0.4) is 0 Å². The zero-order chi connectivity index (χ0) is 58.4. The summed E-state index contributed by atoms with van der Waals surface area (Å²) in [7, 11) is 7.94. The number of rotatable bonds is 24. The molecule has 4 aromatic rings. The average Bonchev–Trinajstić information content (AvgIpc) is 3.84. The van der Waals surface area contributed by atoms with Crippen molar-refractivity contribution in [3.05, 3.63) is 115 Å². The number of fused-ring (bicyclic) bond motifs is 4. The Kier molecular flexibility index (Phi) is 29.9. The number of carbonyl (C=O) groups excluding carboxylic acids is 4. The van der Waals surface area contributed by atoms with E-state index >= 15 is 0 Å². The van der Waals surface area contributed by atoms with Gasteiger partial charge in [-0.2, -0.15) is 0 Å². The van der Waals surface area contributed by atoms with E-state index in [1.807, 2.05) is 56.0 Å². The van der Waals surface area contributed by atoms with Gasteiger partial charge in [0.15, 0.2) is 0 Å². The van der Waals surface area contributed by atoms with E-state index in [-0.39, 0.29) is 45.5 Å². The number of aryl methyl sites for hydroxylation is 2. The van der Waals surface area contributed by atoms with Crippen molar-refractivity contribution in [1.29, 1.82) is 0 Å². The maximum atomic E-state index is 14.2. The summed E-state index contributed by atoms with van der Waals surface area (Å²) in [5.74, 6) is 1.62. The van der Waals surface area contributed by atoms with Crippen molar-refractivity contribution in [3.63, 3.8) is 0 Å². The summed E-state index contributed by atoms with van der Waals surface area (Å²) in [6, 6.07) is 24.5. The molecule has 4 amide bonds. The van der Waals surface area contributed by atoms with Crippen LogP contribution in [0.15, 0.2) is 81.7 Å². The number of hydrogen-bond acceptors (Lipinski definition) is 4. The lowest BCUT2D eigenvalue weighted by atomic mass is 9.95. The third kappa shape index (κ3) is 17.1. The van der Waals surface area contributed by atoms with E-state index in [9.17, 15) is 19.2 Å². The van der Waals surface area contributed by atoms with Gasteiger partial charge in [-0.1, -0.05) is 216 Å². The van der Waals surface area contributed by atoms with Crippen LogP contribution in [-0.2, 0) is 19.2 Å². The Morgan fingerprint density at radius 3 is 0.829 bits per heavy atom. The highest BCUT2D eigenvalue weighted by Gasteiger charge is 2.45. The SMILES string of the molecule is C.C.CCCCC(CC)CN1C(=O)/C(=C2/C(=O)N(CC(CC)CCCC)c3cc(Br)ccc32)c2ccc(Br)cc21.CCCCC(CC)CN1C(=O)/C(=C2/C(=O)N(CC(CC)CCCC)c3cc(C)ccc32)c2ccc(C)cc21.PP(P)P. The number of carbonyl (C=O) groups is 4. The lowest BCUT2D eigenvalue weighted by molar-refractivity contribution is -0.114. The number of nitrogens with zero attached hydrogens (tertiary/aromatic N) is 4. The van der Waals surface area contributed by atoms with E-state index in [1.54, 1.807) is 0 Å². The van der Waals surface area contributed by atoms with E-state index in [0.717, 1.165) is 155 Å². The smallest absolute Gasteiger partial charge is 0.259 e. The number of anilines is 4. The molecule has 0 fully saturated rings. The molecule has 0 radical (unpaired) electrons. The van der Waals surface area contributed by atoms with Crippen LogP contribution >= 0.6 is 65.6 Å². The quantitative estimate of drug-likeness (QED) is 0.0517. The molecule has 4 aliphatic rings. The molecular formula is C68H100Br2N4O4P4. The molecule has 7 unspecified atom stereocenters. The molecular weight excluding hydrogens is 1220 g/mol. The van der Waals surface area contributed by atoms with Crippen molar-refractivity contribution in [1.82, 2.24) is 0 Å². The zero-order valence-corrected chi connectivity index (χ0v) is 57.3. The number of hydrogen-bond donors (Lipinski definition) is 0. The summed E-state index contributed by atoms with van der Waals surface area (Å²) in [5.41, 5.74) is 11.8. The lowest BCUT2D eigenvalue weighted by Gasteiger charge is -2.24. The number of amides is 4. The van der Waals surface area contributed by atoms with Gasteiger partial charge in [-0.15, -0.1) is 26.8 Å². The van der Waals surface area contributed by atoms with E-state index in [2.05, 4.69) is 164 Å². The second kappa shape index (κ2) is 34.3. The van der Waals surface area contributed by atoms with E-state index in [1.165, 1.54) is 12.8 Å². The standard InChI is InChI=1S/C34H46N2O2.C32H40Br2N2O2.2CH4.H6P4/c1-7-11-13-25(9-3)21-35-29-19-23(5)15-17-27(29)31(33(35)37)32-28-18-16-24(6)20-30(28)36(34(32)38)22-26(10-4)14-12-8-2;1-5-9-11-21(7-3)19-35-27-17-23(33)13-15-25(27)29(31(35)37)30-26-16-14-24(34)18-28(26)36(32(30)38)20-22(8-4)12-10-6-2;;;1-4(2)3/h15-20,25-26H,7-14,21-22H2,1-6H3;13-18,21-22H,5-12,19-20H2,1-4H3;2*1H4;1-3H2/b32-31+;30-29+;;;. The van der Waals surface area contributed by atoms with Crippen LogP contribution in [-0.4, -0.2) is 49.8 Å². The molecule has 14 heteroatoms. The van der Waals surface area contributed by atoms with Gasteiger partial charge in [0.05, 0.1) is 45.0 Å². The highest BCUT2D eigenvalue weighted by molar-refractivity contribution is 9.10. The fourth-order valence-corrected chi connectivity index (χ4v) is 12.6. The molecule has 0 saturated carbocycles. The van der Waals surface area contributed by atoms with Gasteiger partial charge in [-0.25, -0.2) is 0 Å². The van der Waals surface area contributed by atoms with Gasteiger partial charge in [-0.3, -0.25) is 19.2 Å². The molecule has 0 aromatic heterocycles. The summed E-state index contributed by atoms with van der Waals surface area (Å²) in [4.78, 5) is 64.7. The Hall–Kier alpha value is -3.08. The molecule has 0 saturated heterocycles. The monoisotopic (exact) mass is 1320 g/mol. The molecule has 4 aromatic carbocycles. The van der Waals surface area contributed by atoms with Crippen LogP contribution in [0, 0.1) is 37.5 Å². The van der Waals surface area contributed by atoms with Crippen LogP contribution in [0.4, 0.5) is 22.7 Å². The third-order valence-electron chi connectivity index (χ3n) is 16.7. The number of benzene rings is 4. The fourth-order valence-electron chi connectivity index (χ4n) is 11.9. The molecule has 450 valence electrons. The summed E-state index contributed by atoms with van der Waals surface area (Å²) in [6.45, 7) is 24.7. The van der Waals surface area contributed by atoms with Crippen molar-refractivity contribution in [3.8, 4) is 0 Å². The van der Waals surface area contributed by atoms with E-state index in [4.69, 9.17) is 0 Å². The van der Waals surface area contributed by atoms with Crippen LogP contribution in [0.1, 0.15) is 206 Å². The van der Waals surface area contributed by atoms with Gasteiger partial charge in [0.1, 0.15) is 0 Å². The van der Waals surface area contributed by atoms with Gasteiger partial charge in [0, 0.05) is 57.4 Å². The molecule has 0 aliphatic carbocycles. The summed E-state index contributed by atoms with van der Waals surface area (Å²) in [6.07, 6.45) is 17.9. The molecule has 0 bridgehead atoms. The van der Waals surface area contributed by atoms with Crippen LogP contribution in [0.2, 0.25) is 0 Å². The Morgan fingerprint density at radius 1 is 0.390 bits per heavy atom. The van der Waals surface area contributed by atoms with Gasteiger partial charge >= 0.3 is 0 Å². The van der Waals surface area contributed by atoms with Gasteiger partial charge in [-0.05, 0) is 118 Å². The normalized spacial score (nSPS) is 17.4. The first-order chi connectivity index (χ1) is 38.4. The summed E-state index contributed by atoms with van der Waals surface area (Å²) >= 11 is 7.23. The van der Waals surface area contributed by atoms with Gasteiger partial charge < -0.3 is 19.6 Å². The Labute approximate surface area is 521 Å². The highest BCUT2D eigenvalue weighted by Crippen LogP contribution is 2.60. The zero-order valence-electron chi connectivity index (χ0n) is 49.7. The van der Waals surface area contributed by atoms with Crippen molar-refractivity contribution in [2.75, 3.05) is 45.8 Å². The molecule has 0 N–H and O–H groups in total. The Morgan fingerprint density at radius 2 is 0.610 bits per heavy atom. The molecule has 7 atom stereocenters. The topological polar surface area (TPSA) is 81.2 Å². The van der Waals surface area contributed by atoms with E-state index in [0.29, 0.717) is 72.1 Å². The lowest BCUT2D eigenvalue weighted by Crippen LogP contribution is -2.34. The summed E-state index contributed by atoms with van der Waals surface area (Å²) in [5, 5.41) is 0. The maximum Gasteiger partial charge on any atom is 0.259 e. The second-order valence-corrected chi connectivity index (χ2v) is 36.1. The van der Waals surface area contributed by atoms with Crippen molar-refractivity contribution in [2.45, 2.75) is 187 Å². The van der Waals surface area contributed by atoms with E-state index < -0.39 is 0 Å². The van der Waals surface area contributed by atoms with Crippen molar-refractivity contribution < 1.29 is 19.2 Å².